The zero-order valence-corrected chi connectivity index (χ0v) is 7.97. The average Bonchev–Trinajstić information content (AvgIpc) is 2.47. The van der Waals surface area contributed by atoms with E-state index in [1.807, 2.05) is 19.1 Å². The van der Waals surface area contributed by atoms with Crippen molar-refractivity contribution in [2.75, 3.05) is 0 Å². The molecule has 13 heavy (non-hydrogen) atoms. The third kappa shape index (κ3) is 1.41. The Bertz CT molecular complexity index is 433. The van der Waals surface area contributed by atoms with Crippen molar-refractivity contribution < 1.29 is 0 Å². The van der Waals surface area contributed by atoms with Gasteiger partial charge in [0, 0.05) is 12.2 Å². The lowest BCUT2D eigenvalue weighted by molar-refractivity contribution is 0.787. The molecule has 2 aromatic heterocycles. The molecule has 0 radical (unpaired) electrons. The van der Waals surface area contributed by atoms with Gasteiger partial charge in [-0.25, -0.2) is 4.98 Å². The number of fused-ring (bicyclic) bond motifs is 1. The van der Waals surface area contributed by atoms with E-state index < -0.39 is 0 Å². The van der Waals surface area contributed by atoms with Crippen LogP contribution in [0.2, 0.25) is 5.02 Å². The molecule has 2 rings (SSSR count). The molecule has 0 saturated heterocycles. The van der Waals surface area contributed by atoms with Crippen LogP contribution in [0.3, 0.4) is 0 Å². The molecule has 0 aliphatic heterocycles. The highest BCUT2D eigenvalue weighted by Crippen LogP contribution is 2.22. The van der Waals surface area contributed by atoms with E-state index in [2.05, 4.69) is 9.97 Å². The number of hydrogen-bond acceptors (Lipinski definition) is 2. The maximum atomic E-state index is 5.91. The second-order valence-electron chi connectivity index (χ2n) is 3.06. The second-order valence-corrected chi connectivity index (χ2v) is 3.46. The molecule has 3 N–H and O–H groups in total. The predicted octanol–water partition coefficient (Wildman–Crippen LogP) is 2.24. The molecule has 0 aliphatic carbocycles. The summed E-state index contributed by atoms with van der Waals surface area (Å²) in [6.07, 6.45) is 1.73. The quantitative estimate of drug-likeness (QED) is 0.733. The van der Waals surface area contributed by atoms with E-state index in [0.717, 1.165) is 16.7 Å². The summed E-state index contributed by atoms with van der Waals surface area (Å²) in [4.78, 5) is 7.36. The third-order valence-electron chi connectivity index (χ3n) is 1.96. The van der Waals surface area contributed by atoms with Gasteiger partial charge in [-0.1, -0.05) is 11.6 Å². The Kier molecular flexibility index (Phi) is 1.98. The summed E-state index contributed by atoms with van der Waals surface area (Å²) in [5.41, 5.74) is 8.29. The van der Waals surface area contributed by atoms with E-state index in [0.29, 0.717) is 5.02 Å². The lowest BCUT2D eigenvalue weighted by Gasteiger charge is -2.03. The molecule has 0 unspecified atom stereocenters. The van der Waals surface area contributed by atoms with Crippen molar-refractivity contribution in [2.45, 2.75) is 13.0 Å². The van der Waals surface area contributed by atoms with Crippen molar-refractivity contribution in [1.29, 1.82) is 0 Å². The molecule has 68 valence electrons. The number of H-pyrrole nitrogens is 1. The highest BCUT2D eigenvalue weighted by Gasteiger charge is 2.06. The van der Waals surface area contributed by atoms with Crippen molar-refractivity contribution in [3.05, 3.63) is 29.0 Å². The number of nitrogens with zero attached hydrogens (tertiary/aromatic N) is 1. The van der Waals surface area contributed by atoms with Crippen LogP contribution in [0.4, 0.5) is 0 Å². The molecule has 2 heterocycles. The number of nitrogens with one attached hydrogen (secondary N) is 1. The SMILES string of the molecule is C[C@H](N)c1ccc2[nH]cc(Cl)c2n1. The van der Waals surface area contributed by atoms with E-state index in [9.17, 15) is 0 Å². The molecule has 0 spiro atoms. The van der Waals surface area contributed by atoms with Crippen molar-refractivity contribution in [3.8, 4) is 0 Å². The summed E-state index contributed by atoms with van der Waals surface area (Å²) in [5, 5.41) is 0.637. The average molecular weight is 196 g/mol. The predicted molar refractivity (Wildman–Crippen MR) is 53.7 cm³/mol. The Morgan fingerprint density at radius 1 is 1.54 bits per heavy atom. The lowest BCUT2D eigenvalue weighted by Crippen LogP contribution is -2.06. The topological polar surface area (TPSA) is 54.7 Å². The zero-order valence-electron chi connectivity index (χ0n) is 7.21. The fraction of sp³-hybridized carbons (Fsp3) is 0.222. The van der Waals surface area contributed by atoms with Gasteiger partial charge in [0.05, 0.1) is 16.2 Å². The Morgan fingerprint density at radius 2 is 2.31 bits per heavy atom. The zero-order chi connectivity index (χ0) is 9.42. The maximum absolute atomic E-state index is 5.91. The Morgan fingerprint density at radius 3 is 3.00 bits per heavy atom. The van der Waals surface area contributed by atoms with Crippen LogP contribution in [0, 0.1) is 0 Å². The number of aromatic nitrogens is 2. The minimum Gasteiger partial charge on any atom is -0.358 e. The number of hydrogen-bond donors (Lipinski definition) is 2. The summed E-state index contributed by atoms with van der Waals surface area (Å²) in [7, 11) is 0. The van der Waals surface area contributed by atoms with Gasteiger partial charge in [0.15, 0.2) is 0 Å². The molecule has 2 aromatic rings. The number of halogens is 1. The number of rotatable bonds is 1. The Hall–Kier alpha value is -1.06. The smallest absolute Gasteiger partial charge is 0.107 e. The summed E-state index contributed by atoms with van der Waals surface area (Å²) >= 11 is 5.91. The van der Waals surface area contributed by atoms with Crippen LogP contribution in [-0.4, -0.2) is 9.97 Å². The third-order valence-corrected chi connectivity index (χ3v) is 2.25. The molecule has 3 nitrogen and oxygen atoms in total. The minimum absolute atomic E-state index is 0.0598. The standard InChI is InChI=1S/C9H10ClN3/c1-5(11)7-2-3-8-9(13-7)6(10)4-12-8/h2-5,12H,11H2,1H3/t5-/m0/s1. The van der Waals surface area contributed by atoms with Gasteiger partial charge in [0.1, 0.15) is 5.52 Å². The summed E-state index contributed by atoms with van der Waals surface area (Å²) in [5.74, 6) is 0. The molecule has 0 aromatic carbocycles. The number of aromatic amines is 1. The monoisotopic (exact) mass is 195 g/mol. The van der Waals surface area contributed by atoms with Crippen LogP contribution in [0.1, 0.15) is 18.7 Å². The maximum Gasteiger partial charge on any atom is 0.107 e. The molecule has 1 atom stereocenters. The van der Waals surface area contributed by atoms with Gasteiger partial charge < -0.3 is 10.7 Å². The Balaban J connectivity index is 2.66. The van der Waals surface area contributed by atoms with Gasteiger partial charge in [-0.05, 0) is 19.1 Å². The molecular formula is C9H10ClN3. The van der Waals surface area contributed by atoms with Gasteiger partial charge in [-0.3, -0.25) is 0 Å². The van der Waals surface area contributed by atoms with E-state index >= 15 is 0 Å². The molecular weight excluding hydrogens is 186 g/mol. The Labute approximate surface area is 80.9 Å². The molecule has 0 amide bonds. The van der Waals surface area contributed by atoms with Gasteiger partial charge in [-0.15, -0.1) is 0 Å². The normalized spacial score (nSPS) is 13.5. The highest BCUT2D eigenvalue weighted by molar-refractivity contribution is 6.35. The molecule has 4 heteroatoms. The van der Waals surface area contributed by atoms with Gasteiger partial charge in [0.2, 0.25) is 0 Å². The largest absolute Gasteiger partial charge is 0.358 e. The van der Waals surface area contributed by atoms with Crippen molar-refractivity contribution >= 4 is 22.6 Å². The number of nitrogens with two attached hydrogens (primary N) is 1. The molecule has 0 fully saturated rings. The molecule has 0 saturated carbocycles. The summed E-state index contributed by atoms with van der Waals surface area (Å²) in [6.45, 7) is 1.90. The van der Waals surface area contributed by atoms with Crippen LogP contribution in [0.25, 0.3) is 11.0 Å². The minimum atomic E-state index is -0.0598. The molecule has 0 aliphatic rings. The van der Waals surface area contributed by atoms with Crippen LogP contribution >= 0.6 is 11.6 Å². The van der Waals surface area contributed by atoms with Gasteiger partial charge in [-0.2, -0.15) is 0 Å². The van der Waals surface area contributed by atoms with Gasteiger partial charge in [0.25, 0.3) is 0 Å². The summed E-state index contributed by atoms with van der Waals surface area (Å²) in [6, 6.07) is 3.78. The second kappa shape index (κ2) is 3.01. The van der Waals surface area contributed by atoms with E-state index in [1.54, 1.807) is 6.20 Å². The first kappa shape index (κ1) is 8.53. The van der Waals surface area contributed by atoms with Crippen molar-refractivity contribution in [2.24, 2.45) is 5.73 Å². The first-order valence-electron chi connectivity index (χ1n) is 4.07. The van der Waals surface area contributed by atoms with Crippen LogP contribution < -0.4 is 5.73 Å². The highest BCUT2D eigenvalue weighted by atomic mass is 35.5. The van der Waals surface area contributed by atoms with Crippen molar-refractivity contribution in [1.82, 2.24) is 9.97 Å². The number of pyridine rings is 1. The van der Waals surface area contributed by atoms with Gasteiger partial charge >= 0.3 is 0 Å². The summed E-state index contributed by atoms with van der Waals surface area (Å²) < 4.78 is 0. The van der Waals surface area contributed by atoms with Crippen LogP contribution in [0.15, 0.2) is 18.3 Å². The molecule has 0 bridgehead atoms. The first-order chi connectivity index (χ1) is 6.18. The first-order valence-corrected chi connectivity index (χ1v) is 4.45. The van der Waals surface area contributed by atoms with E-state index in [1.165, 1.54) is 0 Å². The fourth-order valence-corrected chi connectivity index (χ4v) is 1.43. The van der Waals surface area contributed by atoms with Crippen LogP contribution in [-0.2, 0) is 0 Å². The lowest BCUT2D eigenvalue weighted by atomic mass is 10.2. The van der Waals surface area contributed by atoms with Crippen LogP contribution in [0.5, 0.6) is 0 Å². The van der Waals surface area contributed by atoms with Crippen molar-refractivity contribution in [3.63, 3.8) is 0 Å². The van der Waals surface area contributed by atoms with E-state index in [-0.39, 0.29) is 6.04 Å². The van der Waals surface area contributed by atoms with E-state index in [4.69, 9.17) is 17.3 Å². The fourth-order valence-electron chi connectivity index (χ4n) is 1.24.